The summed E-state index contributed by atoms with van der Waals surface area (Å²) in [5.74, 6) is 3.78. The monoisotopic (exact) mass is 424 g/mol. The lowest BCUT2D eigenvalue weighted by Gasteiger charge is -2.32. The Kier molecular flexibility index (Phi) is 11.2. The van der Waals surface area contributed by atoms with Gasteiger partial charge in [0.05, 0.1) is 6.61 Å². The molecule has 31 heavy (non-hydrogen) atoms. The molecule has 1 nitrogen and oxygen atoms in total. The third-order valence-corrected chi connectivity index (χ3v) is 8.11. The summed E-state index contributed by atoms with van der Waals surface area (Å²) in [4.78, 5) is 0. The molecule has 0 saturated heterocycles. The number of allylic oxidation sites excluding steroid dienone is 2. The minimum absolute atomic E-state index is 0.772. The second kappa shape index (κ2) is 14.1. The average molecular weight is 425 g/mol. The fourth-order valence-electron chi connectivity index (χ4n) is 5.87. The second-order valence-corrected chi connectivity index (χ2v) is 10.5. The Hall–Kier alpha value is -1.08. The standard InChI is InChI=1S/C30H48O/c1-3-5-7-23-31-24-28-17-21-30(22-18-28)29-19-15-27(16-20-29)14-13-26-11-9-25(10-12-26)8-6-4-2/h4,6,17-18,21-22,25-27,29H,3,5,7-16,19-20,23-24H2,1-2H3/b6-4+/t25-,26-,27-,29-. The first-order valence-corrected chi connectivity index (χ1v) is 13.6. The van der Waals surface area contributed by atoms with Gasteiger partial charge in [-0.05, 0) is 93.1 Å². The van der Waals surface area contributed by atoms with Crippen molar-refractivity contribution >= 4 is 0 Å². The zero-order valence-electron chi connectivity index (χ0n) is 20.5. The summed E-state index contributed by atoms with van der Waals surface area (Å²) in [7, 11) is 0. The molecular weight excluding hydrogens is 376 g/mol. The van der Waals surface area contributed by atoms with Gasteiger partial charge in [-0.25, -0.2) is 0 Å². The highest BCUT2D eigenvalue weighted by Crippen LogP contribution is 2.40. The average Bonchev–Trinajstić information content (AvgIpc) is 2.83. The normalized spacial score (nSPS) is 27.0. The van der Waals surface area contributed by atoms with E-state index in [-0.39, 0.29) is 0 Å². The summed E-state index contributed by atoms with van der Waals surface area (Å²) in [6, 6.07) is 9.35. The molecule has 2 fully saturated rings. The summed E-state index contributed by atoms with van der Waals surface area (Å²) < 4.78 is 5.82. The van der Waals surface area contributed by atoms with E-state index < -0.39 is 0 Å². The number of hydrogen-bond acceptors (Lipinski definition) is 1. The molecule has 1 aromatic carbocycles. The molecule has 0 bridgehead atoms. The van der Waals surface area contributed by atoms with Crippen LogP contribution in [0, 0.1) is 17.8 Å². The van der Waals surface area contributed by atoms with Gasteiger partial charge < -0.3 is 4.74 Å². The fourth-order valence-corrected chi connectivity index (χ4v) is 5.87. The number of rotatable bonds is 12. The summed E-state index contributed by atoms with van der Waals surface area (Å²) in [6.45, 7) is 6.07. The van der Waals surface area contributed by atoms with Crippen LogP contribution in [0.5, 0.6) is 0 Å². The van der Waals surface area contributed by atoms with E-state index in [0.29, 0.717) is 0 Å². The van der Waals surface area contributed by atoms with Gasteiger partial charge in [-0.2, -0.15) is 0 Å². The molecule has 1 aromatic rings. The molecule has 174 valence electrons. The molecule has 2 saturated carbocycles. The van der Waals surface area contributed by atoms with Crippen LogP contribution in [0.15, 0.2) is 36.4 Å². The number of ether oxygens (including phenoxy) is 1. The van der Waals surface area contributed by atoms with Crippen LogP contribution >= 0.6 is 0 Å². The molecule has 0 radical (unpaired) electrons. The summed E-state index contributed by atoms with van der Waals surface area (Å²) in [5.41, 5.74) is 2.89. The van der Waals surface area contributed by atoms with Crippen LogP contribution in [0.25, 0.3) is 0 Å². The Balaban J connectivity index is 1.30. The van der Waals surface area contributed by atoms with E-state index in [1.165, 1.54) is 95.5 Å². The summed E-state index contributed by atoms with van der Waals surface area (Å²) in [6.07, 6.45) is 24.3. The van der Waals surface area contributed by atoms with Crippen molar-refractivity contribution in [3.63, 3.8) is 0 Å². The first-order chi connectivity index (χ1) is 15.3. The minimum atomic E-state index is 0.772. The van der Waals surface area contributed by atoms with Crippen LogP contribution < -0.4 is 0 Å². The Morgan fingerprint density at radius 3 is 2.03 bits per heavy atom. The van der Waals surface area contributed by atoms with Crippen molar-refractivity contribution in [1.82, 2.24) is 0 Å². The molecule has 2 aliphatic rings. The molecule has 0 aliphatic heterocycles. The van der Waals surface area contributed by atoms with Crippen LogP contribution in [0.4, 0.5) is 0 Å². The maximum Gasteiger partial charge on any atom is 0.0716 e. The third kappa shape index (κ3) is 8.76. The zero-order valence-corrected chi connectivity index (χ0v) is 20.5. The molecule has 3 rings (SSSR count). The summed E-state index contributed by atoms with van der Waals surface area (Å²) >= 11 is 0. The molecule has 0 heterocycles. The van der Waals surface area contributed by atoms with E-state index in [4.69, 9.17) is 4.74 Å². The highest BCUT2D eigenvalue weighted by Gasteiger charge is 2.25. The van der Waals surface area contributed by atoms with Crippen molar-refractivity contribution in [2.75, 3.05) is 6.61 Å². The summed E-state index contributed by atoms with van der Waals surface area (Å²) in [5, 5.41) is 0. The highest BCUT2D eigenvalue weighted by molar-refractivity contribution is 5.25. The molecule has 1 heteroatoms. The van der Waals surface area contributed by atoms with Gasteiger partial charge in [-0.1, -0.05) is 81.9 Å². The van der Waals surface area contributed by atoms with Crippen molar-refractivity contribution in [1.29, 1.82) is 0 Å². The Bertz CT molecular complexity index is 600. The Morgan fingerprint density at radius 2 is 1.42 bits per heavy atom. The molecule has 0 amide bonds. The van der Waals surface area contributed by atoms with Crippen LogP contribution in [0.2, 0.25) is 0 Å². The largest absolute Gasteiger partial charge is 0.377 e. The zero-order chi connectivity index (χ0) is 21.7. The van der Waals surface area contributed by atoms with Crippen molar-refractivity contribution < 1.29 is 4.74 Å². The third-order valence-electron chi connectivity index (χ3n) is 8.11. The molecule has 0 aromatic heterocycles. The lowest BCUT2D eigenvalue weighted by atomic mass is 9.74. The first-order valence-electron chi connectivity index (χ1n) is 13.6. The predicted octanol–water partition coefficient (Wildman–Crippen LogP) is 9.22. The number of unbranched alkanes of at least 4 members (excludes halogenated alkanes) is 2. The maximum absolute atomic E-state index is 5.82. The van der Waals surface area contributed by atoms with E-state index in [1.807, 2.05) is 0 Å². The van der Waals surface area contributed by atoms with Gasteiger partial charge in [-0.3, -0.25) is 0 Å². The van der Waals surface area contributed by atoms with E-state index in [9.17, 15) is 0 Å². The topological polar surface area (TPSA) is 9.23 Å². The van der Waals surface area contributed by atoms with E-state index in [0.717, 1.165) is 36.9 Å². The molecule has 0 unspecified atom stereocenters. The molecular formula is C30H48O. The lowest BCUT2D eigenvalue weighted by Crippen LogP contribution is -2.17. The van der Waals surface area contributed by atoms with Crippen molar-refractivity contribution in [3.05, 3.63) is 47.5 Å². The Labute approximate surface area is 193 Å². The first kappa shape index (κ1) is 24.6. The van der Waals surface area contributed by atoms with Gasteiger partial charge in [0.15, 0.2) is 0 Å². The van der Waals surface area contributed by atoms with E-state index >= 15 is 0 Å². The highest BCUT2D eigenvalue weighted by atomic mass is 16.5. The molecule has 0 N–H and O–H groups in total. The second-order valence-electron chi connectivity index (χ2n) is 10.5. The van der Waals surface area contributed by atoms with Gasteiger partial charge in [0.25, 0.3) is 0 Å². The minimum Gasteiger partial charge on any atom is -0.377 e. The number of benzene rings is 1. The van der Waals surface area contributed by atoms with Crippen LogP contribution in [-0.2, 0) is 11.3 Å². The van der Waals surface area contributed by atoms with Crippen LogP contribution in [0.1, 0.15) is 121 Å². The van der Waals surface area contributed by atoms with Crippen molar-refractivity contribution in [2.24, 2.45) is 17.8 Å². The molecule has 0 atom stereocenters. The van der Waals surface area contributed by atoms with Gasteiger partial charge in [0, 0.05) is 6.61 Å². The predicted molar refractivity (Wildman–Crippen MR) is 134 cm³/mol. The molecule has 2 aliphatic carbocycles. The van der Waals surface area contributed by atoms with Crippen molar-refractivity contribution in [3.8, 4) is 0 Å². The van der Waals surface area contributed by atoms with Crippen molar-refractivity contribution in [2.45, 2.75) is 116 Å². The quantitative estimate of drug-likeness (QED) is 0.240. The van der Waals surface area contributed by atoms with E-state index in [2.05, 4.69) is 50.3 Å². The van der Waals surface area contributed by atoms with Gasteiger partial charge in [-0.15, -0.1) is 0 Å². The van der Waals surface area contributed by atoms with Gasteiger partial charge in [0.2, 0.25) is 0 Å². The Morgan fingerprint density at radius 1 is 0.806 bits per heavy atom. The lowest BCUT2D eigenvalue weighted by molar-refractivity contribution is 0.117. The van der Waals surface area contributed by atoms with Gasteiger partial charge in [0.1, 0.15) is 0 Å². The number of hydrogen-bond donors (Lipinski definition) is 0. The fraction of sp³-hybridized carbons (Fsp3) is 0.733. The van der Waals surface area contributed by atoms with E-state index in [1.54, 1.807) is 5.56 Å². The smallest absolute Gasteiger partial charge is 0.0716 e. The van der Waals surface area contributed by atoms with Crippen LogP contribution in [0.3, 0.4) is 0 Å². The molecule has 0 spiro atoms. The maximum atomic E-state index is 5.82. The van der Waals surface area contributed by atoms with Crippen LogP contribution in [-0.4, -0.2) is 6.61 Å². The SMILES string of the molecule is C/C=C/C[C@H]1CC[C@H](CC[C@H]2CC[C@H](c3ccc(COCCCCC)cc3)CC2)CC1. The van der Waals surface area contributed by atoms with Gasteiger partial charge >= 0.3 is 0 Å².